The molecule has 1 aromatic carbocycles. The molecule has 0 saturated carbocycles. The molecule has 0 spiro atoms. The van der Waals surface area contributed by atoms with Gasteiger partial charge in [0.1, 0.15) is 12.1 Å². The molecule has 4 amide bonds. The Morgan fingerprint density at radius 2 is 1.89 bits per heavy atom. The van der Waals surface area contributed by atoms with Crippen LogP contribution in [-0.4, -0.2) is 70.7 Å². The van der Waals surface area contributed by atoms with Crippen LogP contribution in [-0.2, 0) is 19.2 Å². The molecule has 0 aromatic heterocycles. The van der Waals surface area contributed by atoms with Crippen LogP contribution in [0.3, 0.4) is 0 Å². The average molecular weight is 499 g/mol. The summed E-state index contributed by atoms with van der Waals surface area (Å²) in [7, 11) is 0. The zero-order valence-corrected chi connectivity index (χ0v) is 20.4. The monoisotopic (exact) mass is 498 g/mol. The summed E-state index contributed by atoms with van der Waals surface area (Å²) in [5.74, 6) is -2.29. The second kappa shape index (κ2) is 14.6. The van der Waals surface area contributed by atoms with E-state index in [2.05, 4.69) is 21.3 Å². The summed E-state index contributed by atoms with van der Waals surface area (Å²) in [6.07, 6.45) is 6.80. The molecule has 0 bridgehead atoms. The van der Waals surface area contributed by atoms with E-state index in [1.807, 2.05) is 30.3 Å². The van der Waals surface area contributed by atoms with Crippen LogP contribution in [0.2, 0.25) is 0 Å². The van der Waals surface area contributed by atoms with Gasteiger partial charge < -0.3 is 31.5 Å². The third-order valence-electron chi connectivity index (χ3n) is 5.33. The second-order valence-corrected chi connectivity index (χ2v) is 8.54. The normalized spacial score (nSPS) is 23.2. The van der Waals surface area contributed by atoms with E-state index in [1.165, 1.54) is 31.2 Å². The van der Waals surface area contributed by atoms with Gasteiger partial charge in [0.15, 0.2) is 0 Å². The first-order chi connectivity index (χ1) is 17.2. The first-order valence-electron chi connectivity index (χ1n) is 11.8. The summed E-state index contributed by atoms with van der Waals surface area (Å²) in [6.45, 7) is 3.19. The maximum absolute atomic E-state index is 12.9. The zero-order valence-electron chi connectivity index (χ0n) is 20.4. The molecule has 1 aromatic rings. The summed E-state index contributed by atoms with van der Waals surface area (Å²) < 4.78 is 0. The molecule has 1 heterocycles. The Hall–Kier alpha value is -3.76. The fourth-order valence-electron chi connectivity index (χ4n) is 3.39. The van der Waals surface area contributed by atoms with E-state index in [4.69, 9.17) is 0 Å². The van der Waals surface area contributed by atoms with E-state index in [0.717, 1.165) is 5.56 Å². The molecule has 5 unspecified atom stereocenters. The van der Waals surface area contributed by atoms with Crippen LogP contribution in [0.1, 0.15) is 32.3 Å². The van der Waals surface area contributed by atoms with Crippen molar-refractivity contribution in [2.24, 2.45) is 0 Å². The lowest BCUT2D eigenvalue weighted by atomic mass is 10.0. The number of carbonyl (C=O) groups is 4. The molecule has 2 rings (SSSR count). The van der Waals surface area contributed by atoms with Gasteiger partial charge in [-0.25, -0.2) is 0 Å². The molecule has 1 aliphatic rings. The van der Waals surface area contributed by atoms with Crippen molar-refractivity contribution in [3.8, 4) is 0 Å². The highest BCUT2D eigenvalue weighted by Crippen LogP contribution is 2.06. The Morgan fingerprint density at radius 3 is 2.58 bits per heavy atom. The molecule has 10 heteroatoms. The summed E-state index contributed by atoms with van der Waals surface area (Å²) in [5, 5.41) is 30.6. The van der Waals surface area contributed by atoms with E-state index >= 15 is 0 Å². The average Bonchev–Trinajstić information content (AvgIpc) is 2.83. The standard InChI is InChI=1S/C26H34N4O6/c1-17-12-13-22(33)27-15-14-20(32)16-21(25(35)28-17)29-26(36)24(18(2)31)30-23(34)11-7-6-10-19-8-4-3-5-9-19/h3-13,17-18,20-21,24,31-32H,14-16H2,1-2H3,(H,27,33)(H,28,35)(H,29,36)(H,30,34). The van der Waals surface area contributed by atoms with Crippen molar-refractivity contribution in [2.45, 2.75) is 57.0 Å². The van der Waals surface area contributed by atoms with E-state index in [0.29, 0.717) is 0 Å². The van der Waals surface area contributed by atoms with Crippen molar-refractivity contribution >= 4 is 29.7 Å². The predicted molar refractivity (Wildman–Crippen MR) is 135 cm³/mol. The fourth-order valence-corrected chi connectivity index (χ4v) is 3.39. The smallest absolute Gasteiger partial charge is 0.245 e. The summed E-state index contributed by atoms with van der Waals surface area (Å²) in [4.78, 5) is 49.7. The van der Waals surface area contributed by atoms with Crippen molar-refractivity contribution in [1.29, 1.82) is 0 Å². The number of hydrogen-bond acceptors (Lipinski definition) is 6. The Bertz CT molecular complexity index is 989. The van der Waals surface area contributed by atoms with E-state index in [-0.39, 0.29) is 25.3 Å². The first-order valence-corrected chi connectivity index (χ1v) is 11.8. The number of aliphatic hydroxyl groups is 2. The van der Waals surface area contributed by atoms with Gasteiger partial charge >= 0.3 is 0 Å². The van der Waals surface area contributed by atoms with Gasteiger partial charge in [0.25, 0.3) is 0 Å². The van der Waals surface area contributed by atoms with Crippen LogP contribution in [0.25, 0.3) is 6.08 Å². The van der Waals surface area contributed by atoms with Crippen LogP contribution in [0.5, 0.6) is 0 Å². The minimum atomic E-state index is -1.33. The Labute approximate surface area is 210 Å². The van der Waals surface area contributed by atoms with Crippen molar-refractivity contribution in [3.05, 3.63) is 66.3 Å². The van der Waals surface area contributed by atoms with Crippen LogP contribution in [0.4, 0.5) is 0 Å². The van der Waals surface area contributed by atoms with Gasteiger partial charge in [-0.2, -0.15) is 0 Å². The number of allylic oxidation sites excluding steroid dienone is 2. The van der Waals surface area contributed by atoms with Crippen LogP contribution < -0.4 is 21.3 Å². The number of amides is 4. The lowest BCUT2D eigenvalue weighted by Crippen LogP contribution is -2.58. The van der Waals surface area contributed by atoms with Crippen LogP contribution in [0.15, 0.2) is 60.7 Å². The van der Waals surface area contributed by atoms with Crippen molar-refractivity contribution in [2.75, 3.05) is 6.54 Å². The Balaban J connectivity index is 2.04. The van der Waals surface area contributed by atoms with Gasteiger partial charge in [0, 0.05) is 31.2 Å². The van der Waals surface area contributed by atoms with Gasteiger partial charge in [-0.1, -0.05) is 54.6 Å². The highest BCUT2D eigenvalue weighted by molar-refractivity contribution is 5.95. The SMILES string of the molecule is CC1C=CC(=O)NCCC(O)CC(NC(=O)C(NC(=O)C=CC=Cc2ccccc2)C(C)O)C(=O)N1. The molecule has 1 aliphatic heterocycles. The fraction of sp³-hybridized carbons (Fsp3) is 0.385. The summed E-state index contributed by atoms with van der Waals surface area (Å²) >= 11 is 0. The maximum Gasteiger partial charge on any atom is 0.245 e. The summed E-state index contributed by atoms with van der Waals surface area (Å²) in [5.41, 5.74) is 0.952. The molecule has 10 nitrogen and oxygen atoms in total. The number of benzene rings is 1. The molecule has 0 saturated heterocycles. The number of aliphatic hydroxyl groups excluding tert-OH is 2. The minimum Gasteiger partial charge on any atom is -0.393 e. The molecule has 0 radical (unpaired) electrons. The molecule has 0 aliphatic carbocycles. The number of hydrogen-bond donors (Lipinski definition) is 6. The van der Waals surface area contributed by atoms with Gasteiger partial charge in [-0.05, 0) is 25.8 Å². The molecular weight excluding hydrogens is 464 g/mol. The second-order valence-electron chi connectivity index (χ2n) is 8.54. The maximum atomic E-state index is 12.9. The molecular formula is C26H34N4O6. The molecule has 194 valence electrons. The molecule has 36 heavy (non-hydrogen) atoms. The van der Waals surface area contributed by atoms with Crippen molar-refractivity contribution in [3.63, 3.8) is 0 Å². The van der Waals surface area contributed by atoms with Crippen LogP contribution >= 0.6 is 0 Å². The quantitative estimate of drug-likeness (QED) is 0.228. The van der Waals surface area contributed by atoms with E-state index in [9.17, 15) is 29.4 Å². The number of carbonyl (C=O) groups excluding carboxylic acids is 4. The van der Waals surface area contributed by atoms with Gasteiger partial charge in [-0.3, -0.25) is 19.2 Å². The first kappa shape index (κ1) is 28.5. The van der Waals surface area contributed by atoms with Crippen molar-refractivity contribution < 1.29 is 29.4 Å². The molecule has 6 N–H and O–H groups in total. The van der Waals surface area contributed by atoms with E-state index in [1.54, 1.807) is 19.1 Å². The third-order valence-corrected chi connectivity index (χ3v) is 5.33. The third kappa shape index (κ3) is 10.2. The highest BCUT2D eigenvalue weighted by atomic mass is 16.3. The lowest BCUT2D eigenvalue weighted by Gasteiger charge is -2.26. The van der Waals surface area contributed by atoms with Gasteiger partial charge in [0.2, 0.25) is 23.6 Å². The highest BCUT2D eigenvalue weighted by Gasteiger charge is 2.31. The van der Waals surface area contributed by atoms with Crippen LogP contribution in [0, 0.1) is 0 Å². The summed E-state index contributed by atoms with van der Waals surface area (Å²) in [6, 6.07) is 6.51. The predicted octanol–water partition coefficient (Wildman–Crippen LogP) is -0.0618. The zero-order chi connectivity index (χ0) is 26.5. The molecule has 0 fully saturated rings. The van der Waals surface area contributed by atoms with E-state index < -0.39 is 48.1 Å². The Kier molecular flexibility index (Phi) is 11.5. The topological polar surface area (TPSA) is 157 Å². The Morgan fingerprint density at radius 1 is 1.17 bits per heavy atom. The number of rotatable bonds is 7. The minimum absolute atomic E-state index is 0.117. The molecule has 5 atom stereocenters. The van der Waals surface area contributed by atoms with Gasteiger partial charge in [-0.15, -0.1) is 0 Å². The lowest BCUT2D eigenvalue weighted by molar-refractivity contribution is -0.134. The number of nitrogens with one attached hydrogen (secondary N) is 4. The van der Waals surface area contributed by atoms with Gasteiger partial charge in [0.05, 0.1) is 12.2 Å². The largest absolute Gasteiger partial charge is 0.393 e. The van der Waals surface area contributed by atoms with Crippen molar-refractivity contribution in [1.82, 2.24) is 21.3 Å².